The van der Waals surface area contributed by atoms with Crippen molar-refractivity contribution in [3.63, 3.8) is 0 Å². The van der Waals surface area contributed by atoms with Crippen LogP contribution in [0.1, 0.15) is 18.4 Å². The summed E-state index contributed by atoms with van der Waals surface area (Å²) in [5, 5.41) is 6.20. The number of hydrogen-bond acceptors (Lipinski definition) is 3. The number of nitrogens with one attached hydrogen (secondary N) is 1. The smallest absolute Gasteiger partial charge is 0.119 e. The van der Waals surface area contributed by atoms with E-state index in [2.05, 4.69) is 47.6 Å². The highest BCUT2D eigenvalue weighted by Gasteiger charge is 2.15. The van der Waals surface area contributed by atoms with Crippen LogP contribution in [0.5, 0.6) is 5.75 Å². The van der Waals surface area contributed by atoms with E-state index in [0.717, 1.165) is 12.3 Å². The topological polar surface area (TPSA) is 24.5 Å². The second kappa shape index (κ2) is 6.46. The van der Waals surface area contributed by atoms with Crippen LogP contribution in [0.3, 0.4) is 0 Å². The summed E-state index contributed by atoms with van der Waals surface area (Å²) in [5.41, 5.74) is 1.35. The summed E-state index contributed by atoms with van der Waals surface area (Å²) in [6.07, 6.45) is 2.50. The molecule has 0 aliphatic carbocycles. The SMILES string of the molecule is COc1ccc2cc(CNC3CCN(C)CC3)ccc2c1. The minimum Gasteiger partial charge on any atom is -0.497 e. The molecule has 112 valence electrons. The molecule has 0 unspecified atom stereocenters. The zero-order chi connectivity index (χ0) is 14.7. The maximum absolute atomic E-state index is 5.27. The molecule has 2 aromatic rings. The number of piperidine rings is 1. The van der Waals surface area contributed by atoms with Gasteiger partial charge >= 0.3 is 0 Å². The quantitative estimate of drug-likeness (QED) is 0.934. The van der Waals surface area contributed by atoms with Gasteiger partial charge in [0.1, 0.15) is 5.75 Å². The van der Waals surface area contributed by atoms with Crippen molar-refractivity contribution in [1.82, 2.24) is 10.2 Å². The van der Waals surface area contributed by atoms with Crippen molar-refractivity contribution >= 4 is 10.8 Å². The number of ether oxygens (including phenoxy) is 1. The Morgan fingerprint density at radius 1 is 1.10 bits per heavy atom. The Labute approximate surface area is 126 Å². The lowest BCUT2D eigenvalue weighted by Gasteiger charge is -2.29. The summed E-state index contributed by atoms with van der Waals surface area (Å²) in [5.74, 6) is 0.916. The lowest BCUT2D eigenvalue weighted by atomic mass is 10.0. The van der Waals surface area contributed by atoms with Gasteiger partial charge in [0, 0.05) is 12.6 Å². The van der Waals surface area contributed by atoms with Crippen LogP contribution in [0, 0.1) is 0 Å². The van der Waals surface area contributed by atoms with Crippen LogP contribution in [-0.2, 0) is 6.54 Å². The number of likely N-dealkylation sites (tertiary alicyclic amines) is 1. The summed E-state index contributed by atoms with van der Waals surface area (Å²) < 4.78 is 5.27. The largest absolute Gasteiger partial charge is 0.497 e. The zero-order valence-electron chi connectivity index (χ0n) is 12.9. The molecule has 0 amide bonds. The fourth-order valence-corrected chi connectivity index (χ4v) is 2.99. The van der Waals surface area contributed by atoms with Gasteiger partial charge in [0.2, 0.25) is 0 Å². The van der Waals surface area contributed by atoms with Gasteiger partial charge in [-0.2, -0.15) is 0 Å². The Morgan fingerprint density at radius 3 is 2.57 bits per heavy atom. The Balaban J connectivity index is 1.64. The van der Waals surface area contributed by atoms with Crippen molar-refractivity contribution < 1.29 is 4.74 Å². The third kappa shape index (κ3) is 3.55. The highest BCUT2D eigenvalue weighted by Crippen LogP contribution is 2.22. The summed E-state index contributed by atoms with van der Waals surface area (Å²) in [4.78, 5) is 2.40. The second-order valence-electron chi connectivity index (χ2n) is 6.01. The van der Waals surface area contributed by atoms with Crippen molar-refractivity contribution in [3.05, 3.63) is 42.0 Å². The van der Waals surface area contributed by atoms with Gasteiger partial charge in [0.05, 0.1) is 7.11 Å². The first-order chi connectivity index (χ1) is 10.2. The van der Waals surface area contributed by atoms with E-state index in [1.165, 1.54) is 42.3 Å². The number of fused-ring (bicyclic) bond motifs is 1. The highest BCUT2D eigenvalue weighted by atomic mass is 16.5. The number of methoxy groups -OCH3 is 1. The van der Waals surface area contributed by atoms with Crippen LogP contribution in [0.15, 0.2) is 36.4 Å². The number of rotatable bonds is 4. The van der Waals surface area contributed by atoms with E-state index in [1.54, 1.807) is 7.11 Å². The molecule has 1 aliphatic rings. The van der Waals surface area contributed by atoms with Crippen LogP contribution in [0.4, 0.5) is 0 Å². The fourth-order valence-electron chi connectivity index (χ4n) is 2.99. The van der Waals surface area contributed by atoms with Crippen LogP contribution >= 0.6 is 0 Å². The highest BCUT2D eigenvalue weighted by molar-refractivity contribution is 5.84. The summed E-state index contributed by atoms with van der Waals surface area (Å²) in [7, 11) is 3.91. The molecule has 1 aliphatic heterocycles. The molecule has 1 saturated heterocycles. The van der Waals surface area contributed by atoms with Gasteiger partial charge in [-0.05, 0) is 67.5 Å². The van der Waals surface area contributed by atoms with E-state index in [-0.39, 0.29) is 0 Å². The molecule has 3 heteroatoms. The molecule has 0 saturated carbocycles. The Morgan fingerprint density at radius 2 is 1.81 bits per heavy atom. The third-order valence-corrected chi connectivity index (χ3v) is 4.43. The molecule has 2 aromatic carbocycles. The van der Waals surface area contributed by atoms with Gasteiger partial charge in [-0.3, -0.25) is 0 Å². The Kier molecular flexibility index (Phi) is 4.42. The van der Waals surface area contributed by atoms with Gasteiger partial charge in [-0.15, -0.1) is 0 Å². The molecule has 1 fully saturated rings. The van der Waals surface area contributed by atoms with E-state index < -0.39 is 0 Å². The maximum atomic E-state index is 5.27. The molecule has 0 radical (unpaired) electrons. The van der Waals surface area contributed by atoms with E-state index in [1.807, 2.05) is 6.07 Å². The molecule has 3 rings (SSSR count). The van der Waals surface area contributed by atoms with Gasteiger partial charge in [-0.1, -0.05) is 18.2 Å². The second-order valence-corrected chi connectivity index (χ2v) is 6.01. The molecule has 0 bridgehead atoms. The maximum Gasteiger partial charge on any atom is 0.119 e. The minimum atomic E-state index is 0.660. The van der Waals surface area contributed by atoms with E-state index in [9.17, 15) is 0 Å². The van der Waals surface area contributed by atoms with E-state index >= 15 is 0 Å². The molecule has 0 spiro atoms. The normalized spacial score (nSPS) is 17.2. The van der Waals surface area contributed by atoms with Gasteiger partial charge < -0.3 is 15.0 Å². The molecular formula is C18H24N2O. The first-order valence-corrected chi connectivity index (χ1v) is 7.73. The lowest BCUT2D eigenvalue weighted by molar-refractivity contribution is 0.234. The van der Waals surface area contributed by atoms with E-state index in [0.29, 0.717) is 6.04 Å². The monoisotopic (exact) mass is 284 g/mol. The van der Waals surface area contributed by atoms with Gasteiger partial charge in [0.25, 0.3) is 0 Å². The van der Waals surface area contributed by atoms with Crippen LogP contribution in [0.2, 0.25) is 0 Å². The summed E-state index contributed by atoms with van der Waals surface area (Å²) >= 11 is 0. The van der Waals surface area contributed by atoms with Crippen LogP contribution in [-0.4, -0.2) is 38.2 Å². The number of benzene rings is 2. The van der Waals surface area contributed by atoms with Gasteiger partial charge in [-0.25, -0.2) is 0 Å². The molecule has 3 nitrogen and oxygen atoms in total. The molecule has 0 aromatic heterocycles. The van der Waals surface area contributed by atoms with Crippen molar-refractivity contribution in [2.24, 2.45) is 0 Å². The molecule has 0 atom stereocenters. The van der Waals surface area contributed by atoms with Crippen LogP contribution < -0.4 is 10.1 Å². The van der Waals surface area contributed by atoms with Crippen LogP contribution in [0.25, 0.3) is 10.8 Å². The van der Waals surface area contributed by atoms with Crippen molar-refractivity contribution in [1.29, 1.82) is 0 Å². The van der Waals surface area contributed by atoms with Gasteiger partial charge in [0.15, 0.2) is 0 Å². The average molecular weight is 284 g/mol. The van der Waals surface area contributed by atoms with Crippen molar-refractivity contribution in [3.8, 4) is 5.75 Å². The fraction of sp³-hybridized carbons (Fsp3) is 0.444. The minimum absolute atomic E-state index is 0.660. The zero-order valence-corrected chi connectivity index (χ0v) is 12.9. The number of nitrogens with zero attached hydrogens (tertiary/aromatic N) is 1. The molecule has 1 N–H and O–H groups in total. The predicted octanol–water partition coefficient (Wildman–Crippen LogP) is 3.03. The summed E-state index contributed by atoms with van der Waals surface area (Å²) in [6.45, 7) is 3.36. The Hall–Kier alpha value is -1.58. The van der Waals surface area contributed by atoms with Crippen molar-refractivity contribution in [2.75, 3.05) is 27.2 Å². The predicted molar refractivity (Wildman–Crippen MR) is 87.9 cm³/mol. The third-order valence-electron chi connectivity index (χ3n) is 4.43. The summed E-state index contributed by atoms with van der Waals surface area (Å²) in [6, 6.07) is 13.6. The standard InChI is InChI=1S/C18H24N2O/c1-20-9-7-17(8-10-20)19-13-14-3-4-16-12-18(21-2)6-5-15(16)11-14/h3-6,11-12,17,19H,7-10,13H2,1-2H3. The van der Waals surface area contributed by atoms with Crippen molar-refractivity contribution in [2.45, 2.75) is 25.4 Å². The lowest BCUT2D eigenvalue weighted by Crippen LogP contribution is -2.40. The Bertz CT molecular complexity index is 603. The first kappa shape index (κ1) is 14.4. The number of hydrogen-bond donors (Lipinski definition) is 1. The average Bonchev–Trinajstić information content (AvgIpc) is 2.53. The molecule has 1 heterocycles. The first-order valence-electron chi connectivity index (χ1n) is 7.73. The molecular weight excluding hydrogens is 260 g/mol. The van der Waals surface area contributed by atoms with E-state index in [4.69, 9.17) is 4.74 Å². The molecule has 21 heavy (non-hydrogen) atoms.